The van der Waals surface area contributed by atoms with Crippen molar-refractivity contribution in [2.24, 2.45) is 0 Å². The van der Waals surface area contributed by atoms with Crippen LogP contribution in [0, 0.1) is 6.92 Å². The summed E-state index contributed by atoms with van der Waals surface area (Å²) in [6.45, 7) is 2.88. The maximum absolute atomic E-state index is 10.3. The van der Waals surface area contributed by atoms with Gasteiger partial charge in [-0.1, -0.05) is 35.9 Å². The third-order valence-electron chi connectivity index (χ3n) is 7.94. The number of nitrogens with zero attached hydrogens (tertiary/aromatic N) is 1. The molecule has 3 aromatic carbocycles. The number of hydrogen-bond acceptors (Lipinski definition) is 11. The zero-order valence-electron chi connectivity index (χ0n) is 25.9. The molecule has 1 aliphatic rings. The van der Waals surface area contributed by atoms with Crippen LogP contribution in [0.3, 0.4) is 0 Å². The molecule has 6 N–H and O–H groups in total. The van der Waals surface area contributed by atoms with Crippen LogP contribution in [0.5, 0.6) is 23.0 Å². The molecule has 0 radical (unpaired) electrons. The Morgan fingerprint density at radius 1 is 0.830 bits per heavy atom. The van der Waals surface area contributed by atoms with Gasteiger partial charge in [-0.05, 0) is 65.1 Å². The quantitative estimate of drug-likeness (QED) is 0.111. The molecule has 0 fully saturated rings. The third kappa shape index (κ3) is 8.70. The lowest BCUT2D eigenvalue weighted by atomic mass is 9.96. The van der Waals surface area contributed by atoms with E-state index in [-0.39, 0.29) is 26.3 Å². The second kappa shape index (κ2) is 16.2. The lowest BCUT2D eigenvalue weighted by Gasteiger charge is -2.26. The van der Waals surface area contributed by atoms with Crippen LogP contribution in [0.15, 0.2) is 73.1 Å². The summed E-state index contributed by atoms with van der Waals surface area (Å²) in [5, 5.41) is 52.3. The van der Waals surface area contributed by atoms with Crippen LogP contribution in [0.2, 0.25) is 5.02 Å². The minimum Gasteiger partial charge on any atom is -0.488 e. The van der Waals surface area contributed by atoms with E-state index in [1.165, 1.54) is 0 Å². The molecule has 1 aromatic heterocycles. The van der Waals surface area contributed by atoms with Crippen molar-refractivity contribution in [2.45, 2.75) is 51.1 Å². The predicted molar refractivity (Wildman–Crippen MR) is 175 cm³/mol. The van der Waals surface area contributed by atoms with E-state index in [2.05, 4.69) is 16.4 Å². The van der Waals surface area contributed by atoms with Gasteiger partial charge in [-0.25, -0.2) is 0 Å². The topological polar surface area (TPSA) is 163 Å². The number of rotatable bonds is 15. The Balaban J connectivity index is 1.31. The summed E-state index contributed by atoms with van der Waals surface area (Å²) in [6.07, 6.45) is -3.05. The lowest BCUT2D eigenvalue weighted by Crippen LogP contribution is -2.48. The van der Waals surface area contributed by atoms with E-state index < -0.39 is 31.0 Å². The zero-order valence-corrected chi connectivity index (χ0v) is 26.6. The first kappa shape index (κ1) is 34.4. The first-order chi connectivity index (χ1) is 22.7. The minimum absolute atomic E-state index is 0.130. The maximum Gasteiger partial charge on any atom is 0.161 e. The monoisotopic (exact) mass is 666 g/mol. The van der Waals surface area contributed by atoms with Gasteiger partial charge in [0.2, 0.25) is 0 Å². The van der Waals surface area contributed by atoms with Crippen LogP contribution in [0.25, 0.3) is 11.1 Å². The molecule has 4 aromatic rings. The fourth-order valence-electron chi connectivity index (χ4n) is 5.16. The van der Waals surface area contributed by atoms with Gasteiger partial charge < -0.3 is 49.8 Å². The molecule has 0 saturated heterocycles. The van der Waals surface area contributed by atoms with Crippen molar-refractivity contribution in [2.75, 3.05) is 26.4 Å². The molecule has 1 aliphatic heterocycles. The summed E-state index contributed by atoms with van der Waals surface area (Å²) < 4.78 is 23.8. The van der Waals surface area contributed by atoms with Crippen LogP contribution in [0.1, 0.15) is 22.3 Å². The van der Waals surface area contributed by atoms with Crippen LogP contribution in [0.4, 0.5) is 0 Å². The molecule has 0 bridgehead atoms. The molecule has 47 heavy (non-hydrogen) atoms. The first-order valence-corrected chi connectivity index (χ1v) is 15.6. The van der Waals surface area contributed by atoms with Crippen molar-refractivity contribution in [1.29, 1.82) is 0 Å². The first-order valence-electron chi connectivity index (χ1n) is 15.2. The second-order valence-corrected chi connectivity index (χ2v) is 11.6. The molecule has 12 heteroatoms. The van der Waals surface area contributed by atoms with Gasteiger partial charge in [-0.15, -0.1) is 0 Å². The van der Waals surface area contributed by atoms with Crippen LogP contribution in [-0.2, 0) is 19.8 Å². The van der Waals surface area contributed by atoms with Crippen molar-refractivity contribution in [3.05, 3.63) is 100 Å². The molecule has 2 heterocycles. The van der Waals surface area contributed by atoms with Gasteiger partial charge >= 0.3 is 0 Å². The van der Waals surface area contributed by atoms with Crippen LogP contribution < -0.4 is 24.3 Å². The average Bonchev–Trinajstić information content (AvgIpc) is 3.10. The van der Waals surface area contributed by atoms with Crippen LogP contribution >= 0.6 is 11.6 Å². The van der Waals surface area contributed by atoms with E-state index in [9.17, 15) is 20.4 Å². The van der Waals surface area contributed by atoms with Gasteiger partial charge in [0, 0.05) is 37.1 Å². The fraction of sp³-hybridized carbons (Fsp3) is 0.343. The van der Waals surface area contributed by atoms with Crippen molar-refractivity contribution >= 4 is 11.6 Å². The van der Waals surface area contributed by atoms with E-state index in [1.807, 2.05) is 49.4 Å². The van der Waals surface area contributed by atoms with Gasteiger partial charge in [0.25, 0.3) is 0 Å². The molecule has 0 spiro atoms. The Hall–Kier alpha value is -3.94. The van der Waals surface area contributed by atoms with Crippen molar-refractivity contribution in [1.82, 2.24) is 10.3 Å². The van der Waals surface area contributed by atoms with Crippen molar-refractivity contribution in [3.8, 4) is 34.1 Å². The summed E-state index contributed by atoms with van der Waals surface area (Å²) in [7, 11) is 0. The normalized spacial score (nSPS) is 15.0. The molecule has 0 amide bonds. The number of hydrogen-bond donors (Lipinski definition) is 6. The van der Waals surface area contributed by atoms with E-state index in [1.54, 1.807) is 24.5 Å². The standard InChI is InChI=1S/C35H39ClN2O9/c1-21-24(3-2-4-26(21)23-5-6-30-33(14-23)45-12-11-44-30)20-47-32-15-31(46-19-22-7-9-37-10-8-22)25(13-27(32)36)16-38-17-28(40)34(42)35(43)29(41)18-39/h2-10,13-15,28-29,34-35,38-43H,11-12,16-20H2,1H3/t28-,29+,34+,35+/m0/s1. The fourth-order valence-corrected chi connectivity index (χ4v) is 5.40. The highest BCUT2D eigenvalue weighted by molar-refractivity contribution is 6.32. The Morgan fingerprint density at radius 3 is 2.32 bits per heavy atom. The van der Waals surface area contributed by atoms with E-state index in [0.29, 0.717) is 35.3 Å². The number of nitrogens with one attached hydrogen (secondary N) is 1. The van der Waals surface area contributed by atoms with Crippen molar-refractivity contribution < 1.29 is 44.5 Å². The van der Waals surface area contributed by atoms with Gasteiger partial charge in [-0.2, -0.15) is 0 Å². The molecule has 0 aliphatic carbocycles. The molecular weight excluding hydrogens is 628 g/mol. The molecule has 5 rings (SSSR count). The molecule has 250 valence electrons. The second-order valence-electron chi connectivity index (χ2n) is 11.2. The summed E-state index contributed by atoms with van der Waals surface area (Å²) in [6, 6.07) is 19.0. The molecule has 0 unspecified atom stereocenters. The number of pyridine rings is 1. The van der Waals surface area contributed by atoms with E-state index in [0.717, 1.165) is 39.3 Å². The summed E-state index contributed by atoms with van der Waals surface area (Å²) in [5.41, 5.74) is 5.63. The maximum atomic E-state index is 10.3. The minimum atomic E-state index is -1.71. The smallest absolute Gasteiger partial charge is 0.161 e. The van der Waals surface area contributed by atoms with Gasteiger partial charge in [0.1, 0.15) is 56.2 Å². The highest BCUT2D eigenvalue weighted by Crippen LogP contribution is 2.37. The Morgan fingerprint density at radius 2 is 1.55 bits per heavy atom. The molecular formula is C35H39ClN2O9. The third-order valence-corrected chi connectivity index (χ3v) is 8.23. The highest BCUT2D eigenvalue weighted by Gasteiger charge is 2.29. The zero-order chi connectivity index (χ0) is 33.3. The van der Waals surface area contributed by atoms with Gasteiger partial charge in [0.05, 0.1) is 17.7 Å². The predicted octanol–water partition coefficient (Wildman–Crippen LogP) is 3.17. The van der Waals surface area contributed by atoms with Crippen molar-refractivity contribution in [3.63, 3.8) is 0 Å². The number of aromatic nitrogens is 1. The number of fused-ring (bicyclic) bond motifs is 1. The lowest BCUT2D eigenvalue weighted by molar-refractivity contribution is -0.114. The number of halogens is 1. The average molecular weight is 667 g/mol. The Labute approximate surface area is 277 Å². The summed E-state index contributed by atoms with van der Waals surface area (Å²) >= 11 is 6.69. The molecule has 0 saturated carbocycles. The van der Waals surface area contributed by atoms with E-state index >= 15 is 0 Å². The highest BCUT2D eigenvalue weighted by atomic mass is 35.5. The van der Waals surface area contributed by atoms with Gasteiger partial charge in [0.15, 0.2) is 11.5 Å². The SMILES string of the molecule is Cc1c(COc2cc(OCc3ccncc3)c(CNC[C@H](O)[C@@H](O)[C@H](O)[C@H](O)CO)cc2Cl)cccc1-c1ccc2c(c1)OCCO2. The largest absolute Gasteiger partial charge is 0.488 e. The number of benzene rings is 3. The number of aliphatic hydroxyl groups is 5. The van der Waals surface area contributed by atoms with Crippen LogP contribution in [-0.4, -0.2) is 81.3 Å². The Kier molecular flexibility index (Phi) is 11.9. The summed E-state index contributed by atoms with van der Waals surface area (Å²) in [4.78, 5) is 4.04. The molecule has 4 atom stereocenters. The number of aliphatic hydroxyl groups excluding tert-OH is 5. The molecule has 11 nitrogen and oxygen atoms in total. The summed E-state index contributed by atoms with van der Waals surface area (Å²) in [5.74, 6) is 2.36. The Bertz CT molecular complexity index is 1620. The van der Waals surface area contributed by atoms with E-state index in [4.69, 9.17) is 35.7 Å². The number of ether oxygens (including phenoxy) is 4. The van der Waals surface area contributed by atoms with Gasteiger partial charge in [-0.3, -0.25) is 4.98 Å².